The predicted octanol–water partition coefficient (Wildman–Crippen LogP) is 3.06. The summed E-state index contributed by atoms with van der Waals surface area (Å²) in [5, 5.41) is 13.3. The van der Waals surface area contributed by atoms with E-state index in [0.717, 1.165) is 5.69 Å². The molecule has 2 aliphatic heterocycles. The molecule has 0 unspecified atom stereocenters. The molecular weight excluding hydrogens is 401 g/mol. The van der Waals surface area contributed by atoms with Crippen molar-refractivity contribution in [3.63, 3.8) is 0 Å². The molecule has 29 heavy (non-hydrogen) atoms. The fraction of sp³-hybridized carbons (Fsp3) is 0.556. The molecule has 2 aliphatic rings. The minimum absolute atomic E-state index is 0.0805. The maximum absolute atomic E-state index is 14.6. The maximum atomic E-state index is 14.6. The van der Waals surface area contributed by atoms with Gasteiger partial charge in [0.25, 0.3) is 5.88 Å². The highest BCUT2D eigenvalue weighted by molar-refractivity contribution is 6.34. The van der Waals surface area contributed by atoms with Gasteiger partial charge in [0.1, 0.15) is 11.9 Å². The molecule has 3 aromatic heterocycles. The van der Waals surface area contributed by atoms with Crippen molar-refractivity contribution < 1.29 is 13.9 Å². The van der Waals surface area contributed by atoms with E-state index in [-0.39, 0.29) is 12.6 Å². The minimum atomic E-state index is -1.11. The van der Waals surface area contributed by atoms with E-state index < -0.39 is 6.17 Å². The van der Waals surface area contributed by atoms with Crippen LogP contribution in [0.3, 0.4) is 0 Å². The molecule has 0 amide bonds. The van der Waals surface area contributed by atoms with Crippen LogP contribution in [-0.4, -0.2) is 55.5 Å². The molecule has 11 heteroatoms. The quantitative estimate of drug-likeness (QED) is 0.679. The number of anilines is 2. The van der Waals surface area contributed by atoms with E-state index >= 15 is 0 Å². The lowest BCUT2D eigenvalue weighted by atomic mass is 10.1. The molecule has 0 aliphatic carbocycles. The summed E-state index contributed by atoms with van der Waals surface area (Å²) in [6.07, 6.45) is 2.45. The lowest BCUT2D eigenvalue weighted by molar-refractivity contribution is -0.00118. The number of ether oxygens (including phenoxy) is 2. The molecule has 0 spiro atoms. The second-order valence-electron chi connectivity index (χ2n) is 7.14. The number of alkyl halides is 1. The number of rotatable bonds is 2. The summed E-state index contributed by atoms with van der Waals surface area (Å²) >= 11 is 6.21. The van der Waals surface area contributed by atoms with Crippen molar-refractivity contribution in [2.75, 3.05) is 25.1 Å². The molecular formula is C18H21ClFN7O2. The SMILES string of the molecule is CCc1c2c(nn1[C@@H]1CCOC[C@H]1F)OCCCn1nc(Cl)c3cnc(nc31)N2. The Morgan fingerprint density at radius 2 is 2.24 bits per heavy atom. The van der Waals surface area contributed by atoms with Crippen LogP contribution in [-0.2, 0) is 17.7 Å². The fourth-order valence-electron chi connectivity index (χ4n) is 3.89. The van der Waals surface area contributed by atoms with E-state index in [9.17, 15) is 4.39 Å². The van der Waals surface area contributed by atoms with Gasteiger partial charge in [0.05, 0.1) is 30.3 Å². The zero-order valence-corrected chi connectivity index (χ0v) is 16.7. The number of hydrogen-bond acceptors (Lipinski definition) is 7. The second kappa shape index (κ2) is 7.42. The Bertz CT molecular complexity index is 1050. The number of nitrogens with zero attached hydrogens (tertiary/aromatic N) is 6. The summed E-state index contributed by atoms with van der Waals surface area (Å²) in [6, 6.07) is -0.381. The largest absolute Gasteiger partial charge is 0.475 e. The molecule has 9 nitrogen and oxygen atoms in total. The zero-order chi connectivity index (χ0) is 20.0. The molecule has 3 aromatic rings. The van der Waals surface area contributed by atoms with Gasteiger partial charge in [-0.2, -0.15) is 10.1 Å². The van der Waals surface area contributed by atoms with Crippen molar-refractivity contribution in [1.82, 2.24) is 29.5 Å². The van der Waals surface area contributed by atoms with Crippen molar-refractivity contribution in [2.45, 2.75) is 44.9 Å². The van der Waals surface area contributed by atoms with Crippen molar-refractivity contribution in [3.8, 4) is 5.88 Å². The Balaban J connectivity index is 1.60. The Kier molecular flexibility index (Phi) is 4.75. The van der Waals surface area contributed by atoms with Crippen LogP contribution in [0.15, 0.2) is 6.20 Å². The number of nitrogens with one attached hydrogen (secondary N) is 1. The normalized spacial score (nSPS) is 22.0. The first-order valence-corrected chi connectivity index (χ1v) is 10.2. The zero-order valence-electron chi connectivity index (χ0n) is 15.9. The van der Waals surface area contributed by atoms with Gasteiger partial charge in [0.15, 0.2) is 10.8 Å². The Morgan fingerprint density at radius 1 is 1.34 bits per heavy atom. The van der Waals surface area contributed by atoms with Crippen LogP contribution >= 0.6 is 11.6 Å². The van der Waals surface area contributed by atoms with Crippen LogP contribution in [0.4, 0.5) is 16.0 Å². The van der Waals surface area contributed by atoms with Gasteiger partial charge in [-0.1, -0.05) is 18.5 Å². The summed E-state index contributed by atoms with van der Waals surface area (Å²) in [5.74, 6) is 0.821. The monoisotopic (exact) mass is 421 g/mol. The summed E-state index contributed by atoms with van der Waals surface area (Å²) < 4.78 is 29.3. The van der Waals surface area contributed by atoms with E-state index in [1.165, 1.54) is 0 Å². The molecule has 154 valence electrons. The molecule has 5 rings (SSSR count). The molecule has 1 N–H and O–H groups in total. The molecule has 0 saturated carbocycles. The predicted molar refractivity (Wildman–Crippen MR) is 105 cm³/mol. The standard InChI is InChI=1S/C18H21ClFN7O2/c1-2-12-14-17(25-27(12)13-4-7-28-9-11(13)20)29-6-3-5-26-16-10(15(19)24-26)8-21-18(22-14)23-16/h8,11,13H,2-7,9H2,1H3,(H,21,22,23)/t11-,13-/m1/s1. The minimum Gasteiger partial charge on any atom is -0.475 e. The summed E-state index contributed by atoms with van der Waals surface area (Å²) in [7, 11) is 0. The van der Waals surface area contributed by atoms with Gasteiger partial charge in [-0.3, -0.25) is 4.68 Å². The second-order valence-corrected chi connectivity index (χ2v) is 7.50. The average Bonchev–Trinajstić information content (AvgIpc) is 3.22. The van der Waals surface area contributed by atoms with E-state index in [2.05, 4.69) is 25.5 Å². The number of aromatic nitrogens is 6. The smallest absolute Gasteiger partial charge is 0.257 e. The van der Waals surface area contributed by atoms with Gasteiger partial charge >= 0.3 is 0 Å². The third kappa shape index (κ3) is 3.20. The van der Waals surface area contributed by atoms with Gasteiger partial charge in [-0.25, -0.2) is 14.1 Å². The van der Waals surface area contributed by atoms with E-state index in [1.807, 2.05) is 6.92 Å². The fourth-order valence-corrected chi connectivity index (χ4v) is 4.11. The molecule has 5 heterocycles. The van der Waals surface area contributed by atoms with E-state index in [4.69, 9.17) is 21.1 Å². The molecule has 1 saturated heterocycles. The highest BCUT2D eigenvalue weighted by atomic mass is 35.5. The summed E-state index contributed by atoms with van der Waals surface area (Å²) in [6.45, 7) is 3.63. The highest BCUT2D eigenvalue weighted by Crippen LogP contribution is 2.36. The first kappa shape index (κ1) is 18.6. The summed E-state index contributed by atoms with van der Waals surface area (Å²) in [4.78, 5) is 8.97. The molecule has 0 radical (unpaired) electrons. The average molecular weight is 422 g/mol. The topological polar surface area (TPSA) is 91.9 Å². The van der Waals surface area contributed by atoms with Crippen LogP contribution in [0.5, 0.6) is 5.88 Å². The molecule has 1 fully saturated rings. The van der Waals surface area contributed by atoms with Crippen molar-refractivity contribution >= 4 is 34.3 Å². The lowest BCUT2D eigenvalue weighted by Gasteiger charge is -2.27. The van der Waals surface area contributed by atoms with Crippen LogP contribution in [0.25, 0.3) is 11.0 Å². The molecule has 2 atom stereocenters. The number of aryl methyl sites for hydroxylation is 1. The van der Waals surface area contributed by atoms with Crippen molar-refractivity contribution in [2.24, 2.45) is 0 Å². The van der Waals surface area contributed by atoms with E-state index in [1.54, 1.807) is 15.6 Å². The van der Waals surface area contributed by atoms with Gasteiger partial charge in [-0.15, -0.1) is 5.10 Å². The maximum Gasteiger partial charge on any atom is 0.257 e. The first-order chi connectivity index (χ1) is 14.2. The van der Waals surface area contributed by atoms with Gasteiger partial charge in [0.2, 0.25) is 5.95 Å². The molecule has 0 aromatic carbocycles. The van der Waals surface area contributed by atoms with E-state index in [0.29, 0.717) is 72.7 Å². The van der Waals surface area contributed by atoms with Crippen molar-refractivity contribution in [1.29, 1.82) is 0 Å². The third-order valence-corrected chi connectivity index (χ3v) is 5.59. The van der Waals surface area contributed by atoms with Gasteiger partial charge < -0.3 is 14.8 Å². The molecule has 2 bridgehead atoms. The van der Waals surface area contributed by atoms with Gasteiger partial charge in [-0.05, 0) is 12.8 Å². The Hall–Kier alpha value is -2.46. The summed E-state index contributed by atoms with van der Waals surface area (Å²) in [5.41, 5.74) is 2.18. The first-order valence-electron chi connectivity index (χ1n) is 9.77. The Labute approximate surface area is 171 Å². The lowest BCUT2D eigenvalue weighted by Crippen LogP contribution is -2.32. The van der Waals surface area contributed by atoms with Crippen LogP contribution in [0.1, 0.15) is 31.5 Å². The number of fused-ring (bicyclic) bond motifs is 2. The third-order valence-electron chi connectivity index (χ3n) is 5.31. The van der Waals surface area contributed by atoms with Gasteiger partial charge in [0, 0.05) is 25.8 Å². The van der Waals surface area contributed by atoms with Crippen molar-refractivity contribution in [3.05, 3.63) is 17.0 Å². The van der Waals surface area contributed by atoms with Crippen LogP contribution in [0.2, 0.25) is 5.15 Å². The van der Waals surface area contributed by atoms with Crippen LogP contribution in [0, 0.1) is 0 Å². The van der Waals surface area contributed by atoms with Crippen LogP contribution < -0.4 is 10.1 Å². The highest BCUT2D eigenvalue weighted by Gasteiger charge is 2.32. The Morgan fingerprint density at radius 3 is 3.07 bits per heavy atom. The number of hydrogen-bond donors (Lipinski definition) is 1. The number of halogens is 2.